The van der Waals surface area contributed by atoms with Crippen LogP contribution in [0.2, 0.25) is 0 Å². The van der Waals surface area contributed by atoms with Crippen molar-refractivity contribution < 1.29 is 4.52 Å². The van der Waals surface area contributed by atoms with E-state index in [1.165, 1.54) is 0 Å². The fourth-order valence-electron chi connectivity index (χ4n) is 4.42. The molecule has 1 aliphatic heterocycles. The van der Waals surface area contributed by atoms with Crippen LogP contribution in [0.25, 0.3) is 22.5 Å². The molecule has 0 fully saturated rings. The zero-order valence-corrected chi connectivity index (χ0v) is 17.9. The largest absolute Gasteiger partial charge is 0.439 e. The van der Waals surface area contributed by atoms with Gasteiger partial charge in [0.15, 0.2) is 5.82 Å². The molecule has 3 heterocycles. The highest BCUT2D eigenvalue weighted by Gasteiger charge is 2.20. The Bertz CT molecular complexity index is 1380. The molecule has 32 heavy (non-hydrogen) atoms. The molecule has 7 heteroatoms. The number of aryl methyl sites for hydroxylation is 2. The maximum atomic E-state index is 13.1. The van der Waals surface area contributed by atoms with Crippen molar-refractivity contribution >= 4 is 0 Å². The molecule has 0 radical (unpaired) electrons. The molecular formula is C25H24N4O3. The highest BCUT2D eigenvalue weighted by molar-refractivity contribution is 5.80. The predicted molar refractivity (Wildman–Crippen MR) is 122 cm³/mol. The van der Waals surface area contributed by atoms with Gasteiger partial charge < -0.3 is 0 Å². The monoisotopic (exact) mass is 428 g/mol. The van der Waals surface area contributed by atoms with Gasteiger partial charge in [0.1, 0.15) is 5.82 Å². The summed E-state index contributed by atoms with van der Waals surface area (Å²) in [5, 5.41) is 3.82. The summed E-state index contributed by atoms with van der Waals surface area (Å²) >= 11 is 0. The SMILES string of the molecule is CCCc1nc2n(c(=O)c1Cc1ccc(-c3ccccc3-c3noc(=O)[nH]3)cc1)CCC2. The number of hydrogen-bond donors (Lipinski definition) is 1. The Morgan fingerprint density at radius 3 is 2.56 bits per heavy atom. The molecule has 0 amide bonds. The van der Waals surface area contributed by atoms with Gasteiger partial charge in [-0.1, -0.05) is 67.0 Å². The molecule has 0 spiro atoms. The second-order valence-electron chi connectivity index (χ2n) is 8.13. The summed E-state index contributed by atoms with van der Waals surface area (Å²) < 4.78 is 6.52. The zero-order valence-electron chi connectivity index (χ0n) is 17.9. The van der Waals surface area contributed by atoms with Gasteiger partial charge in [0.2, 0.25) is 0 Å². The Morgan fingerprint density at radius 2 is 1.84 bits per heavy atom. The van der Waals surface area contributed by atoms with Gasteiger partial charge in [-0.05, 0) is 29.5 Å². The van der Waals surface area contributed by atoms with Crippen molar-refractivity contribution in [3.8, 4) is 22.5 Å². The zero-order chi connectivity index (χ0) is 22.1. The van der Waals surface area contributed by atoms with Gasteiger partial charge in [0.25, 0.3) is 5.56 Å². The van der Waals surface area contributed by atoms with Gasteiger partial charge in [-0.2, -0.15) is 0 Å². The second-order valence-corrected chi connectivity index (χ2v) is 8.13. The number of H-pyrrole nitrogens is 1. The van der Waals surface area contributed by atoms with E-state index < -0.39 is 5.76 Å². The van der Waals surface area contributed by atoms with Crippen molar-refractivity contribution in [1.29, 1.82) is 0 Å². The Hall–Kier alpha value is -3.74. The first kappa shape index (κ1) is 20.2. The van der Waals surface area contributed by atoms with Gasteiger partial charge in [-0.15, -0.1) is 0 Å². The molecular weight excluding hydrogens is 404 g/mol. The summed E-state index contributed by atoms with van der Waals surface area (Å²) in [6.45, 7) is 2.88. The number of nitrogens with one attached hydrogen (secondary N) is 1. The van der Waals surface area contributed by atoms with Crippen LogP contribution in [0.4, 0.5) is 0 Å². The van der Waals surface area contributed by atoms with Crippen LogP contribution < -0.4 is 11.3 Å². The highest BCUT2D eigenvalue weighted by atomic mass is 16.5. The van der Waals surface area contributed by atoms with Gasteiger partial charge in [0, 0.05) is 30.5 Å². The van der Waals surface area contributed by atoms with E-state index in [1.54, 1.807) is 0 Å². The van der Waals surface area contributed by atoms with Crippen molar-refractivity contribution in [2.24, 2.45) is 0 Å². The standard InChI is InChI=1S/C25H24N4O3/c1-2-6-21-20(24(30)29-14-5-9-22(29)26-21)15-16-10-12-17(13-11-16)18-7-3-4-8-19(18)23-27-25(31)32-28-23/h3-4,7-8,10-13H,2,5-6,9,14-15H2,1H3,(H,27,28,31). The van der Waals surface area contributed by atoms with Gasteiger partial charge in [0.05, 0.1) is 5.69 Å². The topological polar surface area (TPSA) is 93.8 Å². The molecule has 0 unspecified atom stereocenters. The van der Waals surface area contributed by atoms with E-state index in [2.05, 4.69) is 21.6 Å². The lowest BCUT2D eigenvalue weighted by Crippen LogP contribution is -2.27. The first-order valence-corrected chi connectivity index (χ1v) is 11.0. The summed E-state index contributed by atoms with van der Waals surface area (Å²) in [5.74, 6) is 0.749. The predicted octanol–water partition coefficient (Wildman–Crippen LogP) is 3.74. The Labute approximate surface area is 184 Å². The summed E-state index contributed by atoms with van der Waals surface area (Å²) in [6.07, 6.45) is 4.22. The lowest BCUT2D eigenvalue weighted by atomic mass is 9.96. The van der Waals surface area contributed by atoms with Crippen LogP contribution in [0.5, 0.6) is 0 Å². The van der Waals surface area contributed by atoms with E-state index in [-0.39, 0.29) is 5.56 Å². The first-order valence-electron chi connectivity index (χ1n) is 11.0. The van der Waals surface area contributed by atoms with Crippen LogP contribution in [0.3, 0.4) is 0 Å². The molecule has 7 nitrogen and oxygen atoms in total. The fraction of sp³-hybridized carbons (Fsp3) is 0.280. The van der Waals surface area contributed by atoms with Gasteiger partial charge >= 0.3 is 5.76 Å². The van der Waals surface area contributed by atoms with Crippen molar-refractivity contribution in [2.75, 3.05) is 0 Å². The molecule has 0 aliphatic carbocycles. The Balaban J connectivity index is 1.48. The molecule has 2 aromatic heterocycles. The summed E-state index contributed by atoms with van der Waals surface area (Å²) in [6, 6.07) is 15.9. The molecule has 162 valence electrons. The molecule has 2 aromatic carbocycles. The van der Waals surface area contributed by atoms with Crippen molar-refractivity contribution in [3.05, 3.63) is 92.1 Å². The average Bonchev–Trinajstić information content (AvgIpc) is 3.46. The summed E-state index contributed by atoms with van der Waals surface area (Å²) in [5.41, 5.74) is 5.65. The van der Waals surface area contributed by atoms with Crippen LogP contribution in [-0.4, -0.2) is 19.7 Å². The average molecular weight is 428 g/mol. The van der Waals surface area contributed by atoms with Crippen LogP contribution in [-0.2, 0) is 25.8 Å². The second kappa shape index (κ2) is 8.42. The minimum absolute atomic E-state index is 0.111. The van der Waals surface area contributed by atoms with E-state index in [0.29, 0.717) is 12.2 Å². The van der Waals surface area contributed by atoms with Crippen LogP contribution >= 0.6 is 0 Å². The molecule has 1 aliphatic rings. The lowest BCUT2D eigenvalue weighted by molar-refractivity contribution is 0.388. The van der Waals surface area contributed by atoms with Crippen molar-refractivity contribution in [2.45, 2.75) is 45.6 Å². The third-order valence-corrected chi connectivity index (χ3v) is 5.96. The van der Waals surface area contributed by atoms with Crippen molar-refractivity contribution in [1.82, 2.24) is 19.7 Å². The molecule has 0 bridgehead atoms. The normalized spacial score (nSPS) is 12.8. The number of nitrogens with zero attached hydrogens (tertiary/aromatic N) is 3. The van der Waals surface area contributed by atoms with Gasteiger partial charge in [-0.3, -0.25) is 18.9 Å². The summed E-state index contributed by atoms with van der Waals surface area (Å²) in [4.78, 5) is 32.0. The van der Waals surface area contributed by atoms with Crippen LogP contribution in [0.15, 0.2) is 62.6 Å². The third-order valence-electron chi connectivity index (χ3n) is 5.96. The van der Waals surface area contributed by atoms with Gasteiger partial charge in [-0.25, -0.2) is 9.78 Å². The molecule has 0 saturated carbocycles. The van der Waals surface area contributed by atoms with E-state index in [9.17, 15) is 9.59 Å². The number of aromatic nitrogens is 4. The minimum atomic E-state index is -0.581. The third kappa shape index (κ3) is 3.70. The van der Waals surface area contributed by atoms with Crippen LogP contribution in [0.1, 0.15) is 42.4 Å². The quantitative estimate of drug-likeness (QED) is 0.505. The first-order chi connectivity index (χ1) is 15.6. The number of benzene rings is 2. The summed E-state index contributed by atoms with van der Waals surface area (Å²) in [7, 11) is 0. The van der Waals surface area contributed by atoms with E-state index in [0.717, 1.165) is 71.6 Å². The fourth-order valence-corrected chi connectivity index (χ4v) is 4.42. The maximum absolute atomic E-state index is 13.1. The smallest absolute Gasteiger partial charge is 0.296 e. The molecule has 1 N–H and O–H groups in total. The lowest BCUT2D eigenvalue weighted by Gasteiger charge is -2.13. The molecule has 0 saturated heterocycles. The number of aromatic amines is 1. The Morgan fingerprint density at radius 1 is 1.06 bits per heavy atom. The minimum Gasteiger partial charge on any atom is -0.296 e. The van der Waals surface area contributed by atoms with Crippen LogP contribution in [0, 0.1) is 0 Å². The number of hydrogen-bond acceptors (Lipinski definition) is 5. The Kier molecular flexibility index (Phi) is 5.31. The maximum Gasteiger partial charge on any atom is 0.439 e. The molecule has 0 atom stereocenters. The van der Waals surface area contributed by atoms with E-state index in [4.69, 9.17) is 4.98 Å². The number of fused-ring (bicyclic) bond motifs is 1. The molecule has 4 aromatic rings. The highest BCUT2D eigenvalue weighted by Crippen LogP contribution is 2.30. The number of rotatable bonds is 6. The van der Waals surface area contributed by atoms with E-state index >= 15 is 0 Å². The molecule has 5 rings (SSSR count). The van der Waals surface area contributed by atoms with Crippen molar-refractivity contribution in [3.63, 3.8) is 0 Å². The van der Waals surface area contributed by atoms with E-state index in [1.807, 2.05) is 53.1 Å².